The molecule has 0 radical (unpaired) electrons. The second kappa shape index (κ2) is 7.53. The van der Waals surface area contributed by atoms with Crippen molar-refractivity contribution in [1.82, 2.24) is 4.90 Å². The number of amides is 1. The Balaban J connectivity index is 0.00000243. The molecule has 3 rings (SSSR count). The van der Waals surface area contributed by atoms with Crippen molar-refractivity contribution in [2.45, 2.75) is 12.6 Å². The van der Waals surface area contributed by atoms with Gasteiger partial charge in [0.2, 0.25) is 5.91 Å². The summed E-state index contributed by atoms with van der Waals surface area (Å²) in [4.78, 5) is 24.6. The summed E-state index contributed by atoms with van der Waals surface area (Å²) in [5.74, 6) is -5.66. The molecule has 0 saturated carbocycles. The number of carboxylic acid groups (broad SMARTS) is 1. The summed E-state index contributed by atoms with van der Waals surface area (Å²) in [5, 5.41) is 10.8. The number of hydrogen-bond donors (Lipinski definition) is 1. The fourth-order valence-corrected chi connectivity index (χ4v) is 3.31. The lowest BCUT2D eigenvalue weighted by atomic mass is 9.96. The van der Waals surface area contributed by atoms with Crippen LogP contribution in [0.3, 0.4) is 0 Å². The van der Waals surface area contributed by atoms with Crippen molar-refractivity contribution in [2.75, 3.05) is 13.1 Å². The fourth-order valence-electron chi connectivity index (χ4n) is 3.31. The monoisotopic (exact) mass is 387 g/mol. The maximum Gasteiger partial charge on any atom is 0.394 e. The number of alkyl halides is 3. The van der Waals surface area contributed by atoms with Crippen LogP contribution >= 0.6 is 12.4 Å². The number of carbonyl (C=O) groups excluding carboxylic acids is 1. The minimum atomic E-state index is -4.64. The van der Waals surface area contributed by atoms with Gasteiger partial charge in [-0.1, -0.05) is 42.5 Å². The van der Waals surface area contributed by atoms with E-state index in [1.807, 2.05) is 30.3 Å². The van der Waals surface area contributed by atoms with E-state index in [4.69, 9.17) is 5.11 Å². The average Bonchev–Trinajstić information content (AvgIpc) is 3.01. The van der Waals surface area contributed by atoms with E-state index < -0.39 is 43.0 Å². The van der Waals surface area contributed by atoms with Gasteiger partial charge in [-0.15, -0.1) is 12.4 Å². The van der Waals surface area contributed by atoms with E-state index in [1.54, 1.807) is 12.1 Å². The standard InChI is InChI=1S/C18H16F3NO3.ClH/c19-18(20,21)15-10-22(9-14(15)17(24)25)16(23)8-12-6-3-5-11-4-1-2-7-13(11)12;/h1-7,14-15H,8-10H2,(H,24,25);1H/t14-,15-;/m1./s1. The molecule has 1 heterocycles. The second-order valence-corrected chi connectivity index (χ2v) is 6.21. The number of benzene rings is 2. The molecule has 2 aromatic rings. The Bertz CT molecular complexity index is 819. The number of carboxylic acids is 1. The van der Waals surface area contributed by atoms with Gasteiger partial charge >= 0.3 is 12.1 Å². The summed E-state index contributed by atoms with van der Waals surface area (Å²) in [7, 11) is 0. The maximum absolute atomic E-state index is 13.0. The molecule has 1 amide bonds. The van der Waals surface area contributed by atoms with Crippen molar-refractivity contribution in [3.05, 3.63) is 48.0 Å². The molecule has 1 aliphatic rings. The Morgan fingerprint density at radius 2 is 1.73 bits per heavy atom. The first-order valence-corrected chi connectivity index (χ1v) is 7.81. The van der Waals surface area contributed by atoms with E-state index in [1.165, 1.54) is 0 Å². The Morgan fingerprint density at radius 3 is 2.35 bits per heavy atom. The second-order valence-electron chi connectivity index (χ2n) is 6.21. The summed E-state index contributed by atoms with van der Waals surface area (Å²) in [5.41, 5.74) is 0.713. The van der Waals surface area contributed by atoms with Crippen LogP contribution in [0.15, 0.2) is 42.5 Å². The number of likely N-dealkylation sites (tertiary alicyclic amines) is 1. The minimum absolute atomic E-state index is 0. The van der Waals surface area contributed by atoms with Crippen LogP contribution in [-0.4, -0.2) is 41.1 Å². The molecule has 0 bridgehead atoms. The van der Waals surface area contributed by atoms with E-state index >= 15 is 0 Å². The van der Waals surface area contributed by atoms with Crippen LogP contribution in [0.5, 0.6) is 0 Å². The summed E-state index contributed by atoms with van der Waals surface area (Å²) in [6.45, 7) is -1.02. The third-order valence-corrected chi connectivity index (χ3v) is 4.63. The zero-order chi connectivity index (χ0) is 18.2. The molecule has 8 heteroatoms. The predicted molar refractivity (Wildman–Crippen MR) is 92.2 cm³/mol. The van der Waals surface area contributed by atoms with Gasteiger partial charge in [-0.2, -0.15) is 13.2 Å². The lowest BCUT2D eigenvalue weighted by Crippen LogP contribution is -2.34. The molecular weight excluding hydrogens is 371 g/mol. The van der Waals surface area contributed by atoms with Crippen molar-refractivity contribution >= 4 is 35.1 Å². The molecule has 1 aliphatic heterocycles. The van der Waals surface area contributed by atoms with Gasteiger partial charge in [0, 0.05) is 13.1 Å². The van der Waals surface area contributed by atoms with Gasteiger partial charge in [0.1, 0.15) is 0 Å². The Hall–Kier alpha value is -2.28. The number of hydrogen-bond acceptors (Lipinski definition) is 2. The van der Waals surface area contributed by atoms with Gasteiger partial charge in [-0.05, 0) is 16.3 Å². The molecule has 0 aromatic heterocycles. The molecule has 2 atom stereocenters. The molecule has 4 nitrogen and oxygen atoms in total. The maximum atomic E-state index is 13.0. The SMILES string of the molecule is Cl.O=C(O)[C@@H]1CN(C(=O)Cc2cccc3ccccc23)C[C@H]1C(F)(F)F. The Labute approximate surface area is 154 Å². The molecule has 26 heavy (non-hydrogen) atoms. The van der Waals surface area contributed by atoms with E-state index in [0.29, 0.717) is 5.56 Å². The summed E-state index contributed by atoms with van der Waals surface area (Å²) < 4.78 is 39.1. The Kier molecular flexibility index (Phi) is 5.81. The molecule has 0 unspecified atom stereocenters. The highest BCUT2D eigenvalue weighted by Gasteiger charge is 2.53. The van der Waals surface area contributed by atoms with Crippen LogP contribution in [0.2, 0.25) is 0 Å². The Morgan fingerprint density at radius 1 is 1.08 bits per heavy atom. The summed E-state index contributed by atoms with van der Waals surface area (Å²) >= 11 is 0. The first kappa shape index (κ1) is 20.0. The quantitative estimate of drug-likeness (QED) is 0.876. The van der Waals surface area contributed by atoms with Gasteiger partial charge in [-0.3, -0.25) is 9.59 Å². The molecule has 1 N–H and O–H groups in total. The first-order chi connectivity index (χ1) is 11.8. The van der Waals surface area contributed by atoms with Crippen molar-refractivity contribution in [2.24, 2.45) is 11.8 Å². The highest BCUT2D eigenvalue weighted by Crippen LogP contribution is 2.38. The zero-order valence-corrected chi connectivity index (χ0v) is 14.4. The van der Waals surface area contributed by atoms with E-state index in [0.717, 1.165) is 15.7 Å². The normalized spacial score (nSPS) is 20.0. The van der Waals surface area contributed by atoms with E-state index in [9.17, 15) is 22.8 Å². The number of nitrogens with zero attached hydrogens (tertiary/aromatic N) is 1. The molecule has 0 aliphatic carbocycles. The summed E-state index contributed by atoms with van der Waals surface area (Å²) in [6.07, 6.45) is -4.70. The average molecular weight is 388 g/mol. The third-order valence-electron chi connectivity index (χ3n) is 4.63. The minimum Gasteiger partial charge on any atom is -0.481 e. The van der Waals surface area contributed by atoms with Crippen LogP contribution < -0.4 is 0 Å². The third kappa shape index (κ3) is 3.93. The lowest BCUT2D eigenvalue weighted by Gasteiger charge is -2.18. The van der Waals surface area contributed by atoms with Gasteiger partial charge in [0.25, 0.3) is 0 Å². The van der Waals surface area contributed by atoms with E-state index in [-0.39, 0.29) is 18.8 Å². The van der Waals surface area contributed by atoms with Crippen LogP contribution in [0.1, 0.15) is 5.56 Å². The highest BCUT2D eigenvalue weighted by molar-refractivity contribution is 5.90. The van der Waals surface area contributed by atoms with Crippen molar-refractivity contribution in [1.29, 1.82) is 0 Å². The number of carbonyl (C=O) groups is 2. The topological polar surface area (TPSA) is 57.6 Å². The van der Waals surface area contributed by atoms with Crippen molar-refractivity contribution < 1.29 is 27.9 Å². The van der Waals surface area contributed by atoms with E-state index in [2.05, 4.69) is 0 Å². The van der Waals surface area contributed by atoms with Crippen LogP contribution in [0.25, 0.3) is 10.8 Å². The largest absolute Gasteiger partial charge is 0.481 e. The van der Waals surface area contributed by atoms with Crippen molar-refractivity contribution in [3.63, 3.8) is 0 Å². The lowest BCUT2D eigenvalue weighted by molar-refractivity contribution is -0.188. The molecule has 2 aromatic carbocycles. The van der Waals surface area contributed by atoms with Gasteiger partial charge in [0.05, 0.1) is 18.3 Å². The van der Waals surface area contributed by atoms with Crippen LogP contribution in [0, 0.1) is 11.8 Å². The highest BCUT2D eigenvalue weighted by atomic mass is 35.5. The molecule has 140 valence electrons. The van der Waals surface area contributed by atoms with Crippen molar-refractivity contribution in [3.8, 4) is 0 Å². The predicted octanol–water partition coefficient (Wildman–Crippen LogP) is 3.53. The van der Waals surface area contributed by atoms with Gasteiger partial charge in [0.15, 0.2) is 0 Å². The van der Waals surface area contributed by atoms with Crippen LogP contribution in [0.4, 0.5) is 13.2 Å². The number of fused-ring (bicyclic) bond motifs is 1. The molecule has 0 spiro atoms. The number of rotatable bonds is 3. The molecule has 1 fully saturated rings. The fraction of sp³-hybridized carbons (Fsp3) is 0.333. The molecule has 1 saturated heterocycles. The van der Waals surface area contributed by atoms with Crippen LogP contribution in [-0.2, 0) is 16.0 Å². The first-order valence-electron chi connectivity index (χ1n) is 7.81. The molecular formula is C18H17ClF3NO3. The number of aliphatic carboxylic acids is 1. The summed E-state index contributed by atoms with van der Waals surface area (Å²) in [6, 6.07) is 12.9. The zero-order valence-electron chi connectivity index (χ0n) is 13.6. The smallest absolute Gasteiger partial charge is 0.394 e. The van der Waals surface area contributed by atoms with Gasteiger partial charge in [-0.25, -0.2) is 0 Å². The van der Waals surface area contributed by atoms with Gasteiger partial charge < -0.3 is 10.0 Å². The number of halogens is 4.